The summed E-state index contributed by atoms with van der Waals surface area (Å²) >= 11 is 0. The Balaban J connectivity index is 1.16. The molecule has 41 heavy (non-hydrogen) atoms. The molecule has 2 N–H and O–H groups in total. The summed E-state index contributed by atoms with van der Waals surface area (Å²) in [5.41, 5.74) is 2.07. The van der Waals surface area contributed by atoms with Gasteiger partial charge < -0.3 is 14.8 Å². The van der Waals surface area contributed by atoms with Crippen LogP contribution in [0.2, 0.25) is 0 Å². The standard InChI is InChI=1S/C29H36FN5O6/c1-21-7-10-31-25(18-21)26-19-22(8-11-32-26)4-2-5-23(36)6-3-14-40-16-17-41-15-12-33-27(37)9-13-35-20-24(30)28(38)34-29(35)39/h7-8,10-11,18-20H,2-6,9,12-17H2,1H3,(H,33,37)(H,34,38,39). The number of aromatic amines is 1. The summed E-state index contributed by atoms with van der Waals surface area (Å²) in [5, 5.41) is 2.63. The summed E-state index contributed by atoms with van der Waals surface area (Å²) in [6.07, 6.45) is 7.50. The monoisotopic (exact) mass is 569 g/mol. The van der Waals surface area contributed by atoms with Gasteiger partial charge in [-0.2, -0.15) is 4.39 Å². The number of pyridine rings is 2. The number of Topliss-reactive ketones (excluding diaryl/α,β-unsaturated/α-hetero) is 1. The second kappa shape index (κ2) is 16.9. The van der Waals surface area contributed by atoms with Gasteiger partial charge in [0.25, 0.3) is 5.56 Å². The van der Waals surface area contributed by atoms with Gasteiger partial charge in [0, 0.05) is 51.4 Å². The van der Waals surface area contributed by atoms with Gasteiger partial charge >= 0.3 is 5.69 Å². The molecule has 0 radical (unpaired) electrons. The van der Waals surface area contributed by atoms with E-state index in [1.54, 1.807) is 12.4 Å². The molecule has 0 aliphatic carbocycles. The number of carbonyl (C=O) groups is 2. The number of ether oxygens (including phenoxy) is 2. The zero-order chi connectivity index (χ0) is 29.5. The lowest BCUT2D eigenvalue weighted by Gasteiger charge is -2.08. The molecule has 0 aliphatic rings. The van der Waals surface area contributed by atoms with Crippen molar-refractivity contribution in [2.45, 2.75) is 52.0 Å². The third-order valence-corrected chi connectivity index (χ3v) is 6.16. The number of nitrogens with one attached hydrogen (secondary N) is 2. The molecular weight excluding hydrogens is 533 g/mol. The van der Waals surface area contributed by atoms with Gasteiger partial charge in [0.1, 0.15) is 5.78 Å². The predicted molar refractivity (Wildman–Crippen MR) is 150 cm³/mol. The van der Waals surface area contributed by atoms with E-state index in [1.807, 2.05) is 36.2 Å². The summed E-state index contributed by atoms with van der Waals surface area (Å²) < 4.78 is 25.1. The van der Waals surface area contributed by atoms with Crippen LogP contribution in [0.5, 0.6) is 0 Å². The van der Waals surface area contributed by atoms with Crippen LogP contribution in [0, 0.1) is 12.7 Å². The number of hydrogen-bond donors (Lipinski definition) is 2. The van der Waals surface area contributed by atoms with Crippen molar-refractivity contribution >= 4 is 11.7 Å². The van der Waals surface area contributed by atoms with Crippen molar-refractivity contribution < 1.29 is 23.5 Å². The first kappa shape index (κ1) is 31.5. The van der Waals surface area contributed by atoms with Gasteiger partial charge in [0.05, 0.1) is 37.4 Å². The largest absolute Gasteiger partial charge is 0.379 e. The van der Waals surface area contributed by atoms with Crippen LogP contribution in [-0.4, -0.2) is 64.2 Å². The van der Waals surface area contributed by atoms with Crippen molar-refractivity contribution in [3.63, 3.8) is 0 Å². The highest BCUT2D eigenvalue weighted by atomic mass is 19.1. The zero-order valence-electron chi connectivity index (χ0n) is 23.2. The van der Waals surface area contributed by atoms with Crippen LogP contribution in [0.4, 0.5) is 4.39 Å². The van der Waals surface area contributed by atoms with Gasteiger partial charge in [0.15, 0.2) is 0 Å². The summed E-state index contributed by atoms with van der Waals surface area (Å²) in [4.78, 5) is 57.3. The minimum Gasteiger partial charge on any atom is -0.379 e. The minimum atomic E-state index is -1.09. The second-order valence-corrected chi connectivity index (χ2v) is 9.52. The zero-order valence-corrected chi connectivity index (χ0v) is 23.2. The Morgan fingerprint density at radius 1 is 0.951 bits per heavy atom. The summed E-state index contributed by atoms with van der Waals surface area (Å²) in [7, 11) is 0. The number of ketones is 1. The molecule has 0 fully saturated rings. The molecule has 3 rings (SSSR count). The van der Waals surface area contributed by atoms with Gasteiger partial charge in [-0.3, -0.25) is 33.9 Å². The van der Waals surface area contributed by atoms with E-state index in [4.69, 9.17) is 9.47 Å². The third-order valence-electron chi connectivity index (χ3n) is 6.16. The van der Waals surface area contributed by atoms with Gasteiger partial charge in [-0.25, -0.2) is 4.79 Å². The molecule has 1 amide bonds. The van der Waals surface area contributed by atoms with Gasteiger partial charge in [0.2, 0.25) is 11.7 Å². The van der Waals surface area contributed by atoms with E-state index in [0.717, 1.165) is 46.1 Å². The fourth-order valence-electron chi connectivity index (χ4n) is 3.98. The molecular formula is C29H36FN5O6. The highest BCUT2D eigenvalue weighted by Gasteiger charge is 2.08. The van der Waals surface area contributed by atoms with Crippen molar-refractivity contribution in [1.29, 1.82) is 0 Å². The molecule has 0 bridgehead atoms. The van der Waals surface area contributed by atoms with Crippen LogP contribution in [-0.2, 0) is 32.0 Å². The van der Waals surface area contributed by atoms with E-state index in [9.17, 15) is 23.6 Å². The summed E-state index contributed by atoms with van der Waals surface area (Å²) in [6, 6.07) is 7.95. The van der Waals surface area contributed by atoms with Crippen molar-refractivity contribution in [1.82, 2.24) is 24.8 Å². The normalized spacial score (nSPS) is 11.0. The average molecular weight is 570 g/mol. The summed E-state index contributed by atoms with van der Waals surface area (Å²) in [6.45, 7) is 3.70. The first-order valence-corrected chi connectivity index (χ1v) is 13.6. The molecule has 3 aromatic heterocycles. The molecule has 0 aromatic carbocycles. The number of rotatable bonds is 18. The maximum absolute atomic E-state index is 13.2. The van der Waals surface area contributed by atoms with Gasteiger partial charge in [-0.15, -0.1) is 0 Å². The molecule has 0 spiro atoms. The van der Waals surface area contributed by atoms with E-state index in [-0.39, 0.29) is 37.8 Å². The van der Waals surface area contributed by atoms with E-state index in [2.05, 4.69) is 15.3 Å². The molecule has 3 aromatic rings. The molecule has 3 heterocycles. The molecule has 220 valence electrons. The average Bonchev–Trinajstić information content (AvgIpc) is 2.95. The molecule has 0 unspecified atom stereocenters. The molecule has 12 heteroatoms. The number of nitrogens with zero attached hydrogens (tertiary/aromatic N) is 3. The Kier molecular flexibility index (Phi) is 13.0. The van der Waals surface area contributed by atoms with Crippen molar-refractivity contribution in [3.05, 3.63) is 80.6 Å². The number of halogens is 1. The van der Waals surface area contributed by atoms with Crippen LogP contribution in [0.3, 0.4) is 0 Å². The molecule has 0 saturated heterocycles. The van der Waals surface area contributed by atoms with Gasteiger partial charge in [-0.05, 0) is 61.6 Å². The lowest BCUT2D eigenvalue weighted by atomic mass is 10.0. The van der Waals surface area contributed by atoms with E-state index in [0.29, 0.717) is 39.1 Å². The Labute approximate surface area is 237 Å². The van der Waals surface area contributed by atoms with E-state index >= 15 is 0 Å². The number of H-pyrrole nitrogens is 1. The predicted octanol–water partition coefficient (Wildman–Crippen LogP) is 2.35. The number of amides is 1. The highest BCUT2D eigenvalue weighted by molar-refractivity contribution is 5.78. The molecule has 0 atom stereocenters. The Bertz CT molecular complexity index is 1410. The maximum Gasteiger partial charge on any atom is 0.328 e. The Hall–Kier alpha value is -4.03. The maximum atomic E-state index is 13.2. The van der Waals surface area contributed by atoms with Gasteiger partial charge in [-0.1, -0.05) is 0 Å². The highest BCUT2D eigenvalue weighted by Crippen LogP contribution is 2.17. The van der Waals surface area contributed by atoms with E-state index in [1.165, 1.54) is 0 Å². The SMILES string of the molecule is Cc1ccnc(-c2cc(CCCC(=O)CCCOCCOCCNC(=O)CCn3cc(F)c(=O)[nH]c3=O)ccn2)c1. The quantitative estimate of drug-likeness (QED) is 0.222. The Morgan fingerprint density at radius 3 is 2.44 bits per heavy atom. The summed E-state index contributed by atoms with van der Waals surface area (Å²) in [5.74, 6) is -1.21. The van der Waals surface area contributed by atoms with Crippen LogP contribution >= 0.6 is 0 Å². The van der Waals surface area contributed by atoms with Crippen molar-refractivity contribution in [3.8, 4) is 11.4 Å². The fourth-order valence-corrected chi connectivity index (χ4v) is 3.98. The second-order valence-electron chi connectivity index (χ2n) is 9.52. The number of aryl methyl sites for hydroxylation is 3. The lowest BCUT2D eigenvalue weighted by Crippen LogP contribution is -2.33. The Morgan fingerprint density at radius 2 is 1.66 bits per heavy atom. The van der Waals surface area contributed by atoms with Crippen molar-refractivity contribution in [2.24, 2.45) is 0 Å². The lowest BCUT2D eigenvalue weighted by molar-refractivity contribution is -0.121. The smallest absolute Gasteiger partial charge is 0.328 e. The van der Waals surface area contributed by atoms with E-state index < -0.39 is 17.1 Å². The van der Waals surface area contributed by atoms with Crippen LogP contribution < -0.4 is 16.6 Å². The fraction of sp³-hybridized carbons (Fsp3) is 0.448. The first-order valence-electron chi connectivity index (χ1n) is 13.6. The molecule has 0 saturated carbocycles. The topological polar surface area (TPSA) is 145 Å². The van der Waals surface area contributed by atoms with Crippen LogP contribution in [0.15, 0.2) is 52.4 Å². The van der Waals surface area contributed by atoms with Crippen LogP contribution in [0.25, 0.3) is 11.4 Å². The molecule has 0 aliphatic heterocycles. The first-order chi connectivity index (χ1) is 19.8. The van der Waals surface area contributed by atoms with Crippen LogP contribution in [0.1, 0.15) is 43.2 Å². The molecule has 11 nitrogen and oxygen atoms in total. The number of aromatic nitrogens is 4. The minimum absolute atomic E-state index is 0.0520. The third kappa shape index (κ3) is 11.5. The van der Waals surface area contributed by atoms with Crippen molar-refractivity contribution in [2.75, 3.05) is 33.0 Å². The number of carbonyl (C=O) groups excluding carboxylic acids is 2. The number of hydrogen-bond acceptors (Lipinski definition) is 8.